The van der Waals surface area contributed by atoms with Crippen molar-refractivity contribution >= 4 is 17.8 Å². The van der Waals surface area contributed by atoms with Crippen LogP contribution in [0.2, 0.25) is 0 Å². The van der Waals surface area contributed by atoms with Crippen LogP contribution in [0.15, 0.2) is 91.0 Å². The van der Waals surface area contributed by atoms with Crippen LogP contribution in [0.1, 0.15) is 31.1 Å². The molecule has 9 nitrogen and oxygen atoms in total. The molecule has 0 aliphatic carbocycles. The predicted molar refractivity (Wildman–Crippen MR) is 139 cm³/mol. The first-order valence-corrected chi connectivity index (χ1v) is 12.2. The number of ether oxygens (including phenoxy) is 4. The molecular weight excluding hydrogens is 488 g/mol. The molecule has 3 aromatic rings. The van der Waals surface area contributed by atoms with Crippen LogP contribution < -0.4 is 10.6 Å². The molecule has 38 heavy (non-hydrogen) atoms. The van der Waals surface area contributed by atoms with Gasteiger partial charge in [0.05, 0.1) is 5.56 Å². The first-order valence-electron chi connectivity index (χ1n) is 12.2. The van der Waals surface area contributed by atoms with Crippen LogP contribution >= 0.6 is 0 Å². The third-order valence-electron chi connectivity index (χ3n) is 6.24. The molecule has 0 spiro atoms. The second kappa shape index (κ2) is 13.0. The molecule has 2 amide bonds. The van der Waals surface area contributed by atoms with Crippen molar-refractivity contribution in [2.75, 3.05) is 20.8 Å². The molecule has 0 saturated carbocycles. The lowest BCUT2D eigenvalue weighted by atomic mass is 9.95. The average Bonchev–Trinajstić information content (AvgIpc) is 2.97. The minimum atomic E-state index is -0.990. The van der Waals surface area contributed by atoms with Gasteiger partial charge in [-0.2, -0.15) is 0 Å². The van der Waals surface area contributed by atoms with Crippen molar-refractivity contribution in [2.45, 2.75) is 30.6 Å². The Balaban J connectivity index is 1.58. The average molecular weight is 519 g/mol. The maximum absolute atomic E-state index is 13.0. The van der Waals surface area contributed by atoms with Crippen molar-refractivity contribution < 1.29 is 33.3 Å². The van der Waals surface area contributed by atoms with Gasteiger partial charge < -0.3 is 29.6 Å². The Labute approximate surface area is 221 Å². The van der Waals surface area contributed by atoms with Gasteiger partial charge in [-0.1, -0.05) is 54.6 Å². The number of hydrogen-bond donors (Lipinski definition) is 2. The lowest BCUT2D eigenvalue weighted by Gasteiger charge is -2.45. The minimum absolute atomic E-state index is 0.000461. The number of benzene rings is 3. The molecule has 1 saturated heterocycles. The van der Waals surface area contributed by atoms with Gasteiger partial charge in [-0.3, -0.25) is 9.59 Å². The van der Waals surface area contributed by atoms with E-state index in [9.17, 15) is 14.4 Å². The summed E-state index contributed by atoms with van der Waals surface area (Å²) in [6.45, 7) is -0.000461. The SMILES string of the molecule is CO[C@H]1O[C@H](CNC(=O)c2ccccc2)[C@H](OC(=O)c2ccccc2)[C@@H](OC)[C@H]1NC(=O)c1ccccc1. The van der Waals surface area contributed by atoms with E-state index in [1.807, 2.05) is 12.1 Å². The van der Waals surface area contributed by atoms with Crippen molar-refractivity contribution in [1.82, 2.24) is 10.6 Å². The van der Waals surface area contributed by atoms with Crippen molar-refractivity contribution in [2.24, 2.45) is 0 Å². The van der Waals surface area contributed by atoms with Crippen LogP contribution in [0.25, 0.3) is 0 Å². The molecule has 1 fully saturated rings. The van der Waals surface area contributed by atoms with Crippen LogP contribution in [-0.2, 0) is 18.9 Å². The van der Waals surface area contributed by atoms with Gasteiger partial charge in [0.15, 0.2) is 12.4 Å². The van der Waals surface area contributed by atoms with E-state index in [-0.39, 0.29) is 18.4 Å². The number of carbonyl (C=O) groups is 3. The number of hydrogen-bond acceptors (Lipinski definition) is 7. The zero-order chi connectivity index (χ0) is 26.9. The summed E-state index contributed by atoms with van der Waals surface area (Å²) < 4.78 is 23.4. The van der Waals surface area contributed by atoms with Crippen molar-refractivity contribution in [3.05, 3.63) is 108 Å². The highest BCUT2D eigenvalue weighted by Crippen LogP contribution is 2.27. The molecule has 198 valence electrons. The molecule has 0 aromatic heterocycles. The molecule has 4 rings (SSSR count). The predicted octanol–water partition coefficient (Wildman–Crippen LogP) is 2.83. The highest BCUT2D eigenvalue weighted by atomic mass is 16.7. The van der Waals surface area contributed by atoms with Crippen LogP contribution in [0.4, 0.5) is 0 Å². The fourth-order valence-corrected chi connectivity index (χ4v) is 4.32. The first-order chi connectivity index (χ1) is 18.5. The van der Waals surface area contributed by atoms with E-state index in [0.29, 0.717) is 16.7 Å². The second-order valence-electron chi connectivity index (χ2n) is 8.66. The Hall–Kier alpha value is -4.05. The fraction of sp³-hybridized carbons (Fsp3) is 0.276. The summed E-state index contributed by atoms with van der Waals surface area (Å²) in [5, 5.41) is 5.73. The highest BCUT2D eigenvalue weighted by Gasteiger charge is 2.49. The van der Waals surface area contributed by atoms with Crippen molar-refractivity contribution in [3.63, 3.8) is 0 Å². The molecule has 5 atom stereocenters. The number of rotatable bonds is 9. The largest absolute Gasteiger partial charge is 0.453 e. The summed E-state index contributed by atoms with van der Waals surface area (Å²) in [5.41, 5.74) is 1.25. The monoisotopic (exact) mass is 518 g/mol. The van der Waals surface area contributed by atoms with Gasteiger partial charge in [-0.15, -0.1) is 0 Å². The Morgan fingerprint density at radius 3 is 1.76 bits per heavy atom. The van der Waals surface area contributed by atoms with E-state index in [1.165, 1.54) is 14.2 Å². The summed E-state index contributed by atoms with van der Waals surface area (Å²) >= 11 is 0. The Kier molecular flexibility index (Phi) is 9.21. The summed E-state index contributed by atoms with van der Waals surface area (Å²) in [6.07, 6.45) is -3.63. The molecule has 0 bridgehead atoms. The van der Waals surface area contributed by atoms with E-state index in [0.717, 1.165) is 0 Å². The fourth-order valence-electron chi connectivity index (χ4n) is 4.32. The van der Waals surface area contributed by atoms with Gasteiger partial charge in [0, 0.05) is 31.9 Å². The molecule has 3 aromatic carbocycles. The number of nitrogens with one attached hydrogen (secondary N) is 2. The molecule has 1 aliphatic heterocycles. The Morgan fingerprint density at radius 1 is 0.711 bits per heavy atom. The number of amides is 2. The normalized spacial score (nSPS) is 22.7. The standard InChI is InChI=1S/C29H30N2O7/c1-35-25-23(31-27(33)20-14-8-4-9-15-20)29(36-2)37-22(18-30-26(32)19-12-6-3-7-13-19)24(25)38-28(34)21-16-10-5-11-17-21/h3-17,22-25,29H,18H2,1-2H3,(H,30,32)(H,31,33)/t22-,23-,24+,25+,29+/m1/s1. The number of methoxy groups -OCH3 is 2. The lowest BCUT2D eigenvalue weighted by molar-refractivity contribution is -0.257. The van der Waals surface area contributed by atoms with E-state index in [2.05, 4.69) is 10.6 Å². The van der Waals surface area contributed by atoms with Gasteiger partial charge in [0.2, 0.25) is 0 Å². The highest BCUT2D eigenvalue weighted by molar-refractivity contribution is 5.95. The minimum Gasteiger partial charge on any atom is -0.453 e. The van der Waals surface area contributed by atoms with E-state index >= 15 is 0 Å². The van der Waals surface area contributed by atoms with Crippen molar-refractivity contribution in [1.29, 1.82) is 0 Å². The van der Waals surface area contributed by atoms with Gasteiger partial charge in [0.25, 0.3) is 11.8 Å². The summed E-state index contributed by atoms with van der Waals surface area (Å²) in [7, 11) is 2.89. The molecule has 0 unspecified atom stereocenters. The van der Waals surface area contributed by atoms with Gasteiger partial charge in [-0.05, 0) is 36.4 Å². The zero-order valence-electron chi connectivity index (χ0n) is 21.1. The van der Waals surface area contributed by atoms with Crippen LogP contribution in [0.5, 0.6) is 0 Å². The number of carbonyl (C=O) groups excluding carboxylic acids is 3. The molecule has 2 N–H and O–H groups in total. The smallest absolute Gasteiger partial charge is 0.338 e. The van der Waals surface area contributed by atoms with Gasteiger partial charge in [0.1, 0.15) is 18.2 Å². The van der Waals surface area contributed by atoms with Gasteiger partial charge >= 0.3 is 5.97 Å². The summed E-state index contributed by atoms with van der Waals surface area (Å²) in [6, 6.07) is 25.1. The molecule has 1 aliphatic rings. The van der Waals surface area contributed by atoms with Crippen LogP contribution in [-0.4, -0.2) is 69.2 Å². The molecule has 1 heterocycles. The third kappa shape index (κ3) is 6.44. The Morgan fingerprint density at radius 2 is 1.24 bits per heavy atom. The second-order valence-corrected chi connectivity index (χ2v) is 8.66. The van der Waals surface area contributed by atoms with Gasteiger partial charge in [-0.25, -0.2) is 4.79 Å². The van der Waals surface area contributed by atoms with E-state index in [4.69, 9.17) is 18.9 Å². The van der Waals surface area contributed by atoms with E-state index < -0.39 is 36.6 Å². The first kappa shape index (κ1) is 27.0. The zero-order valence-corrected chi connectivity index (χ0v) is 21.1. The van der Waals surface area contributed by atoms with Crippen LogP contribution in [0, 0.1) is 0 Å². The molecule has 0 radical (unpaired) electrons. The maximum atomic E-state index is 13.0. The Bertz CT molecular complexity index is 1210. The number of esters is 1. The molecule has 9 heteroatoms. The topological polar surface area (TPSA) is 112 Å². The lowest BCUT2D eigenvalue weighted by Crippen LogP contribution is -2.66. The van der Waals surface area contributed by atoms with Crippen molar-refractivity contribution in [3.8, 4) is 0 Å². The van der Waals surface area contributed by atoms with E-state index in [1.54, 1.807) is 78.9 Å². The van der Waals surface area contributed by atoms with Crippen LogP contribution in [0.3, 0.4) is 0 Å². The third-order valence-corrected chi connectivity index (χ3v) is 6.24. The maximum Gasteiger partial charge on any atom is 0.338 e. The quantitative estimate of drug-likeness (QED) is 0.419. The molecular formula is C29H30N2O7. The summed E-state index contributed by atoms with van der Waals surface area (Å²) in [4.78, 5) is 38.8. The summed E-state index contributed by atoms with van der Waals surface area (Å²) in [5.74, 6) is -1.28.